The number of fused-ring (bicyclic) bond motifs is 5. The average Bonchev–Trinajstić information content (AvgIpc) is 2.98. The molecule has 0 aliphatic carbocycles. The summed E-state index contributed by atoms with van der Waals surface area (Å²) >= 11 is 0. The normalized spacial score (nSPS) is 27.7. The number of rotatable bonds is 4. The van der Waals surface area contributed by atoms with Crippen LogP contribution in [-0.4, -0.2) is 21.1 Å². The van der Waals surface area contributed by atoms with Crippen LogP contribution in [0.15, 0.2) is 12.2 Å². The second-order valence-electron chi connectivity index (χ2n) is 4.67. The van der Waals surface area contributed by atoms with E-state index in [1.807, 2.05) is 19.1 Å². The Kier molecular flexibility index (Phi) is 2.28. The molecule has 2 atom stereocenters. The molecule has 2 aliphatic rings. The highest BCUT2D eigenvalue weighted by atomic mass is 16.5. The smallest absolute Gasteiger partial charge is 0.200 e. The van der Waals surface area contributed by atoms with Crippen LogP contribution in [0.2, 0.25) is 0 Å². The minimum Gasteiger partial charge on any atom is -0.494 e. The molecule has 0 fully saturated rings. The molecule has 0 spiro atoms. The SMILES string of the molecule is CCn1c(O)c2c(c1O)C1(CCC=O)C=CC2O1. The highest BCUT2D eigenvalue weighted by Gasteiger charge is 2.52. The van der Waals surface area contributed by atoms with Gasteiger partial charge in [0.05, 0.1) is 11.1 Å². The van der Waals surface area contributed by atoms with Gasteiger partial charge >= 0.3 is 0 Å². The summed E-state index contributed by atoms with van der Waals surface area (Å²) in [6.07, 6.45) is 5.11. The Bertz CT molecular complexity index is 546. The fourth-order valence-electron chi connectivity index (χ4n) is 2.99. The van der Waals surface area contributed by atoms with E-state index in [-0.39, 0.29) is 17.9 Å². The molecule has 0 saturated carbocycles. The van der Waals surface area contributed by atoms with Crippen molar-refractivity contribution in [3.05, 3.63) is 23.3 Å². The maximum atomic E-state index is 10.6. The molecule has 5 nitrogen and oxygen atoms in total. The third-order valence-corrected chi connectivity index (χ3v) is 3.78. The number of hydrogen-bond donors (Lipinski definition) is 2. The monoisotopic (exact) mass is 249 g/mol. The van der Waals surface area contributed by atoms with Crippen LogP contribution in [0.1, 0.15) is 37.0 Å². The van der Waals surface area contributed by atoms with E-state index in [2.05, 4.69) is 0 Å². The molecule has 2 unspecified atom stereocenters. The molecular formula is C13H15NO4. The Morgan fingerprint density at radius 2 is 2.28 bits per heavy atom. The molecule has 18 heavy (non-hydrogen) atoms. The summed E-state index contributed by atoms with van der Waals surface area (Å²) in [4.78, 5) is 10.6. The molecule has 0 amide bonds. The summed E-state index contributed by atoms with van der Waals surface area (Å²) in [5, 5.41) is 20.3. The second-order valence-corrected chi connectivity index (χ2v) is 4.67. The van der Waals surface area contributed by atoms with Gasteiger partial charge in [-0.1, -0.05) is 6.08 Å². The van der Waals surface area contributed by atoms with E-state index in [9.17, 15) is 15.0 Å². The Morgan fingerprint density at radius 3 is 2.94 bits per heavy atom. The Balaban J connectivity index is 2.14. The lowest BCUT2D eigenvalue weighted by atomic mass is 9.86. The Labute approximate surface area is 104 Å². The van der Waals surface area contributed by atoms with Crippen molar-refractivity contribution in [3.63, 3.8) is 0 Å². The first kappa shape index (κ1) is 11.3. The maximum absolute atomic E-state index is 10.6. The predicted octanol–water partition coefficient (Wildman–Crippen LogP) is 1.73. The molecule has 2 aliphatic heterocycles. The van der Waals surface area contributed by atoms with Gasteiger partial charge < -0.3 is 19.7 Å². The zero-order chi connectivity index (χ0) is 12.9. The van der Waals surface area contributed by atoms with Gasteiger partial charge in [-0.3, -0.25) is 4.57 Å². The number of aromatic hydroxyl groups is 2. The summed E-state index contributed by atoms with van der Waals surface area (Å²) in [6.45, 7) is 2.34. The van der Waals surface area contributed by atoms with Gasteiger partial charge in [0, 0.05) is 13.0 Å². The number of hydrogen-bond acceptors (Lipinski definition) is 4. The summed E-state index contributed by atoms with van der Waals surface area (Å²) < 4.78 is 7.29. The fraction of sp³-hybridized carbons (Fsp3) is 0.462. The van der Waals surface area contributed by atoms with Gasteiger partial charge in [-0.25, -0.2) is 0 Å². The van der Waals surface area contributed by atoms with E-state index < -0.39 is 5.60 Å². The van der Waals surface area contributed by atoms with Gasteiger partial charge in [0.15, 0.2) is 0 Å². The molecule has 3 heterocycles. The first-order valence-electron chi connectivity index (χ1n) is 6.10. The standard InChI is InChI=1S/C13H15NO4/c1-2-14-11(16)9-8-4-6-13(18-8,5-3-7-15)10(9)12(14)17/h4,6-8,16-17H,2-3,5H2,1H3. The van der Waals surface area contributed by atoms with Gasteiger partial charge in [0.25, 0.3) is 0 Å². The van der Waals surface area contributed by atoms with Crippen LogP contribution in [0.4, 0.5) is 0 Å². The summed E-state index contributed by atoms with van der Waals surface area (Å²) in [5.74, 6) is 0.107. The average molecular weight is 249 g/mol. The molecule has 2 N–H and O–H groups in total. The molecule has 5 heteroatoms. The highest BCUT2D eigenvalue weighted by molar-refractivity contribution is 5.59. The second kappa shape index (κ2) is 3.62. The maximum Gasteiger partial charge on any atom is 0.200 e. The molecule has 1 aromatic rings. The number of carbonyl (C=O) groups excluding carboxylic acids is 1. The highest BCUT2D eigenvalue weighted by Crippen LogP contribution is 2.59. The zero-order valence-corrected chi connectivity index (χ0v) is 10.1. The van der Waals surface area contributed by atoms with Crippen molar-refractivity contribution in [1.82, 2.24) is 4.57 Å². The molecular weight excluding hydrogens is 234 g/mol. The number of aldehydes is 1. The van der Waals surface area contributed by atoms with Crippen molar-refractivity contribution < 1.29 is 19.7 Å². The summed E-state index contributed by atoms with van der Waals surface area (Å²) in [7, 11) is 0. The fourth-order valence-corrected chi connectivity index (χ4v) is 2.99. The van der Waals surface area contributed by atoms with E-state index in [0.29, 0.717) is 30.5 Å². The lowest BCUT2D eigenvalue weighted by Crippen LogP contribution is -2.21. The minimum atomic E-state index is -0.747. The van der Waals surface area contributed by atoms with Crippen molar-refractivity contribution in [1.29, 1.82) is 0 Å². The molecule has 0 saturated heterocycles. The number of carbonyl (C=O) groups is 1. The Hall–Kier alpha value is -1.75. The lowest BCUT2D eigenvalue weighted by Gasteiger charge is -2.22. The van der Waals surface area contributed by atoms with Crippen molar-refractivity contribution in [2.45, 2.75) is 38.0 Å². The van der Waals surface area contributed by atoms with Gasteiger partial charge in [0.1, 0.15) is 18.0 Å². The van der Waals surface area contributed by atoms with Crippen LogP contribution in [0.5, 0.6) is 11.8 Å². The first-order valence-corrected chi connectivity index (χ1v) is 6.10. The molecule has 0 radical (unpaired) electrons. The molecule has 1 aromatic heterocycles. The van der Waals surface area contributed by atoms with E-state index >= 15 is 0 Å². The van der Waals surface area contributed by atoms with Gasteiger partial charge in [-0.05, 0) is 19.4 Å². The molecule has 3 rings (SSSR count). The third-order valence-electron chi connectivity index (χ3n) is 3.78. The number of aromatic nitrogens is 1. The van der Waals surface area contributed by atoms with Crippen LogP contribution < -0.4 is 0 Å². The van der Waals surface area contributed by atoms with E-state index in [4.69, 9.17) is 4.74 Å². The minimum absolute atomic E-state index is 0.0442. The zero-order valence-electron chi connectivity index (χ0n) is 10.1. The van der Waals surface area contributed by atoms with Crippen LogP contribution in [-0.2, 0) is 21.7 Å². The molecule has 0 aromatic carbocycles. The predicted molar refractivity (Wildman–Crippen MR) is 63.4 cm³/mol. The van der Waals surface area contributed by atoms with Crippen LogP contribution >= 0.6 is 0 Å². The van der Waals surface area contributed by atoms with Crippen molar-refractivity contribution in [2.24, 2.45) is 0 Å². The van der Waals surface area contributed by atoms with E-state index in [0.717, 1.165) is 6.29 Å². The Morgan fingerprint density at radius 1 is 1.50 bits per heavy atom. The van der Waals surface area contributed by atoms with Crippen molar-refractivity contribution in [3.8, 4) is 11.8 Å². The van der Waals surface area contributed by atoms with Crippen LogP contribution in [0.3, 0.4) is 0 Å². The van der Waals surface area contributed by atoms with Crippen LogP contribution in [0, 0.1) is 0 Å². The van der Waals surface area contributed by atoms with Gasteiger partial charge in [-0.2, -0.15) is 0 Å². The van der Waals surface area contributed by atoms with Crippen molar-refractivity contribution >= 4 is 6.29 Å². The van der Waals surface area contributed by atoms with E-state index in [1.165, 1.54) is 4.57 Å². The number of ether oxygens (including phenoxy) is 1. The van der Waals surface area contributed by atoms with E-state index in [1.54, 1.807) is 0 Å². The molecule has 96 valence electrons. The summed E-state index contributed by atoms with van der Waals surface area (Å²) in [5.41, 5.74) is 0.516. The number of nitrogens with zero attached hydrogens (tertiary/aromatic N) is 1. The summed E-state index contributed by atoms with van der Waals surface area (Å²) in [6, 6.07) is 0. The largest absolute Gasteiger partial charge is 0.494 e. The lowest BCUT2D eigenvalue weighted by molar-refractivity contribution is -0.109. The molecule has 2 bridgehead atoms. The van der Waals surface area contributed by atoms with Crippen LogP contribution in [0.25, 0.3) is 0 Å². The van der Waals surface area contributed by atoms with Crippen molar-refractivity contribution in [2.75, 3.05) is 0 Å². The quantitative estimate of drug-likeness (QED) is 0.629. The third kappa shape index (κ3) is 1.17. The topological polar surface area (TPSA) is 71.7 Å². The first-order chi connectivity index (χ1) is 8.64. The van der Waals surface area contributed by atoms with Gasteiger partial charge in [0.2, 0.25) is 11.8 Å². The van der Waals surface area contributed by atoms with Gasteiger partial charge in [-0.15, -0.1) is 0 Å².